The second-order valence-electron chi connectivity index (χ2n) is 10.4. The minimum atomic E-state index is -0.685. The number of nitrogens with one attached hydrogen (secondary N) is 2. The third kappa shape index (κ3) is 7.85. The van der Waals surface area contributed by atoms with Gasteiger partial charge in [-0.05, 0) is 57.4 Å². The largest absolute Gasteiger partial charge is 0.368 e. The highest BCUT2D eigenvalue weighted by atomic mass is 19.1. The van der Waals surface area contributed by atoms with Gasteiger partial charge >= 0.3 is 0 Å². The first-order valence-electron chi connectivity index (χ1n) is 13.8. The normalized spacial score (nSPS) is 21.0. The Labute approximate surface area is 223 Å². The Bertz CT molecular complexity index is 1070. The summed E-state index contributed by atoms with van der Waals surface area (Å²) in [6.07, 6.45) is 15.6. The predicted octanol–water partition coefficient (Wildman–Crippen LogP) is 5.72. The number of carbonyl (C=O) groups is 1. The van der Waals surface area contributed by atoms with Gasteiger partial charge in [-0.25, -0.2) is 13.8 Å². The number of halogens is 2. The molecule has 3 saturated carbocycles. The average Bonchev–Trinajstić information content (AvgIpc) is 3.76. The quantitative estimate of drug-likeness (QED) is 0.299. The molecule has 3 fully saturated rings. The van der Waals surface area contributed by atoms with E-state index in [1.807, 2.05) is 4.90 Å². The van der Waals surface area contributed by atoms with Crippen LogP contribution in [0.15, 0.2) is 29.4 Å². The van der Waals surface area contributed by atoms with E-state index >= 15 is 0 Å². The maximum absolute atomic E-state index is 14.2. The topological polar surface area (TPSA) is 109 Å². The van der Waals surface area contributed by atoms with Gasteiger partial charge in [0.25, 0.3) is 0 Å². The fraction of sp³-hybridized carbons (Fsp3) is 0.571. The second kappa shape index (κ2) is 13.5. The van der Waals surface area contributed by atoms with Gasteiger partial charge in [-0.1, -0.05) is 38.5 Å². The summed E-state index contributed by atoms with van der Waals surface area (Å²) >= 11 is 0. The molecule has 38 heavy (non-hydrogen) atoms. The van der Waals surface area contributed by atoms with Gasteiger partial charge in [0.2, 0.25) is 11.9 Å². The Morgan fingerprint density at radius 1 is 1.05 bits per heavy atom. The average molecular weight is 528 g/mol. The van der Waals surface area contributed by atoms with Gasteiger partial charge in [0.05, 0.1) is 18.6 Å². The van der Waals surface area contributed by atoms with E-state index in [-0.39, 0.29) is 36.2 Å². The van der Waals surface area contributed by atoms with E-state index in [0.29, 0.717) is 17.5 Å². The summed E-state index contributed by atoms with van der Waals surface area (Å²) in [6.45, 7) is 3.77. The lowest BCUT2D eigenvalue weighted by molar-refractivity contribution is -0.126. The summed E-state index contributed by atoms with van der Waals surface area (Å²) in [6, 6.07) is 3.74. The fourth-order valence-electron chi connectivity index (χ4n) is 5.14. The molecule has 3 aliphatic carbocycles. The number of anilines is 3. The lowest BCUT2D eigenvalue weighted by Crippen LogP contribution is -2.44. The molecule has 1 aromatic carbocycles. The van der Waals surface area contributed by atoms with E-state index in [1.165, 1.54) is 56.9 Å². The van der Waals surface area contributed by atoms with Gasteiger partial charge in [0.1, 0.15) is 17.3 Å². The first-order chi connectivity index (χ1) is 18.4. The molecule has 1 heterocycles. The highest BCUT2D eigenvalue weighted by molar-refractivity contribution is 5.79. The number of nitrogens with zero attached hydrogens (tertiary/aromatic N) is 4. The Balaban J connectivity index is 0.000000494. The number of nitrogens with two attached hydrogens (primary N) is 1. The lowest BCUT2D eigenvalue weighted by atomic mass is 9.84. The number of nitrogen functional groups attached to an aromatic ring is 1. The predicted molar refractivity (Wildman–Crippen MR) is 148 cm³/mol. The fourth-order valence-corrected chi connectivity index (χ4v) is 5.14. The number of aliphatic imine (C=N–C) groups is 1. The molecule has 10 heteroatoms. The van der Waals surface area contributed by atoms with Crippen molar-refractivity contribution in [1.29, 1.82) is 0 Å². The molecule has 0 aliphatic heterocycles. The van der Waals surface area contributed by atoms with Crippen molar-refractivity contribution >= 4 is 35.8 Å². The van der Waals surface area contributed by atoms with Crippen LogP contribution in [0.3, 0.4) is 0 Å². The van der Waals surface area contributed by atoms with E-state index in [9.17, 15) is 13.6 Å². The van der Waals surface area contributed by atoms with Crippen molar-refractivity contribution in [3.8, 4) is 0 Å². The van der Waals surface area contributed by atoms with Crippen LogP contribution in [0.25, 0.3) is 0 Å². The van der Waals surface area contributed by atoms with Crippen LogP contribution in [0.5, 0.6) is 0 Å². The van der Waals surface area contributed by atoms with E-state index < -0.39 is 11.6 Å². The molecule has 0 unspecified atom stereocenters. The van der Waals surface area contributed by atoms with Crippen molar-refractivity contribution in [3.05, 3.63) is 36.0 Å². The summed E-state index contributed by atoms with van der Waals surface area (Å²) < 4.78 is 27.4. The van der Waals surface area contributed by atoms with Gasteiger partial charge in [-0.2, -0.15) is 4.98 Å². The summed E-state index contributed by atoms with van der Waals surface area (Å²) in [5.41, 5.74) is 6.45. The SMILES string of the molecule is C1CCCCC1.C=Nc1cnc(N)nc1N(CNc1ccc(F)cc1F)C1CCC(C(=O)NC2CC2)CC1. The highest BCUT2D eigenvalue weighted by Gasteiger charge is 2.33. The molecule has 0 atom stereocenters. The van der Waals surface area contributed by atoms with Crippen LogP contribution < -0.4 is 21.3 Å². The van der Waals surface area contributed by atoms with Crippen LogP contribution in [0.1, 0.15) is 77.0 Å². The van der Waals surface area contributed by atoms with E-state index in [1.54, 1.807) is 0 Å². The third-order valence-electron chi connectivity index (χ3n) is 7.51. The van der Waals surface area contributed by atoms with Crippen molar-refractivity contribution < 1.29 is 13.6 Å². The summed E-state index contributed by atoms with van der Waals surface area (Å²) in [7, 11) is 0. The van der Waals surface area contributed by atoms with Crippen LogP contribution in [0.4, 0.5) is 31.9 Å². The smallest absolute Gasteiger partial charge is 0.223 e. The maximum Gasteiger partial charge on any atom is 0.223 e. The molecule has 0 radical (unpaired) electrons. The van der Waals surface area contributed by atoms with Gasteiger partial charge < -0.3 is 21.3 Å². The Kier molecular flexibility index (Phi) is 9.84. The van der Waals surface area contributed by atoms with E-state index in [0.717, 1.165) is 44.6 Å². The zero-order valence-corrected chi connectivity index (χ0v) is 22.0. The maximum atomic E-state index is 14.2. The standard InChI is InChI=1S/C22H27F2N7O.C6H12/c1-26-19-11-27-22(25)30-20(19)31(12-28-18-9-4-14(23)10-17(18)24)16-7-2-13(3-8-16)21(32)29-15-5-6-15;1-2-4-6-5-3-1/h4,9-11,13,15-16,28H,1-3,5-8,12H2,(H,29,32)(H2,25,27,30);1-6H2. The zero-order valence-electron chi connectivity index (χ0n) is 22.0. The van der Waals surface area contributed by atoms with Crippen LogP contribution in [-0.4, -0.2) is 41.3 Å². The van der Waals surface area contributed by atoms with E-state index in [4.69, 9.17) is 5.73 Å². The molecule has 3 aliphatic rings. The molecular weight excluding hydrogens is 488 g/mol. The summed E-state index contributed by atoms with van der Waals surface area (Å²) in [5.74, 6) is -0.646. The highest BCUT2D eigenvalue weighted by Crippen LogP contribution is 2.35. The Morgan fingerprint density at radius 3 is 2.29 bits per heavy atom. The molecule has 206 valence electrons. The van der Waals surface area contributed by atoms with Crippen molar-refractivity contribution in [1.82, 2.24) is 15.3 Å². The molecule has 0 bridgehead atoms. The van der Waals surface area contributed by atoms with Crippen LogP contribution in [0.2, 0.25) is 0 Å². The minimum absolute atomic E-state index is 0.0105. The first kappa shape index (κ1) is 27.7. The number of hydrogen-bond acceptors (Lipinski definition) is 7. The van der Waals surface area contributed by atoms with Crippen molar-refractivity contribution in [2.75, 3.05) is 22.6 Å². The van der Waals surface area contributed by atoms with Gasteiger partial charge in [-0.3, -0.25) is 9.79 Å². The second-order valence-corrected chi connectivity index (χ2v) is 10.4. The molecule has 2 aromatic rings. The van der Waals surface area contributed by atoms with Gasteiger partial charge in [-0.15, -0.1) is 0 Å². The zero-order chi connectivity index (χ0) is 26.9. The Morgan fingerprint density at radius 2 is 1.71 bits per heavy atom. The molecule has 1 aromatic heterocycles. The molecule has 8 nitrogen and oxygen atoms in total. The van der Waals surface area contributed by atoms with Crippen LogP contribution >= 0.6 is 0 Å². The minimum Gasteiger partial charge on any atom is -0.368 e. The molecule has 1 amide bonds. The molecule has 0 saturated heterocycles. The number of aromatic nitrogens is 2. The Hall–Kier alpha value is -3.30. The van der Waals surface area contributed by atoms with E-state index in [2.05, 4.69) is 32.3 Å². The number of rotatable bonds is 8. The molecule has 0 spiro atoms. The third-order valence-corrected chi connectivity index (χ3v) is 7.51. The molecule has 4 N–H and O–H groups in total. The van der Waals surface area contributed by atoms with Crippen LogP contribution in [-0.2, 0) is 4.79 Å². The number of benzene rings is 1. The summed E-state index contributed by atoms with van der Waals surface area (Å²) in [5, 5.41) is 6.10. The summed E-state index contributed by atoms with van der Waals surface area (Å²) in [4.78, 5) is 26.7. The van der Waals surface area contributed by atoms with Crippen LogP contribution in [0, 0.1) is 17.6 Å². The van der Waals surface area contributed by atoms with Gasteiger partial charge in [0, 0.05) is 24.1 Å². The molecular formula is C28H39F2N7O. The lowest BCUT2D eigenvalue weighted by Gasteiger charge is -2.38. The van der Waals surface area contributed by atoms with Crippen molar-refractivity contribution in [2.45, 2.75) is 89.1 Å². The number of carbonyl (C=O) groups excluding carboxylic acids is 1. The number of hydrogen-bond donors (Lipinski definition) is 3. The van der Waals surface area contributed by atoms with Crippen molar-refractivity contribution in [2.24, 2.45) is 10.9 Å². The number of amides is 1. The van der Waals surface area contributed by atoms with Crippen molar-refractivity contribution in [3.63, 3.8) is 0 Å². The monoisotopic (exact) mass is 527 g/mol. The first-order valence-corrected chi connectivity index (χ1v) is 13.8. The molecule has 5 rings (SSSR count). The van der Waals surface area contributed by atoms with Gasteiger partial charge in [0.15, 0.2) is 5.82 Å².